The Labute approximate surface area is 168 Å². The smallest absolute Gasteiger partial charge is 0.128 e. The molecule has 2 aromatic carbocycles. The highest BCUT2D eigenvalue weighted by molar-refractivity contribution is 5.19. The van der Waals surface area contributed by atoms with Crippen molar-refractivity contribution in [2.75, 3.05) is 0 Å². The maximum Gasteiger partial charge on any atom is 0.128 e. The van der Waals surface area contributed by atoms with E-state index in [0.29, 0.717) is 24.0 Å². The molecule has 0 aliphatic carbocycles. The molecule has 0 N–H and O–H groups in total. The number of benzene rings is 2. The fraction of sp³-hybridized carbons (Fsp3) is 0.520. The molecule has 0 amide bonds. The number of halogens is 1. The Hall–Kier alpha value is -1.71. The van der Waals surface area contributed by atoms with Crippen LogP contribution in [0.1, 0.15) is 51.2 Å². The third kappa shape index (κ3) is 3.51. The molecule has 0 saturated carbocycles. The third-order valence-electron chi connectivity index (χ3n) is 6.95. The van der Waals surface area contributed by atoms with Gasteiger partial charge in [0.1, 0.15) is 5.82 Å². The van der Waals surface area contributed by atoms with Gasteiger partial charge in [-0.15, -0.1) is 0 Å². The second-order valence-corrected chi connectivity index (χ2v) is 9.04. The Morgan fingerprint density at radius 1 is 1.07 bits per heavy atom. The van der Waals surface area contributed by atoms with E-state index in [1.807, 2.05) is 6.07 Å². The molecule has 2 aliphatic heterocycles. The van der Waals surface area contributed by atoms with Gasteiger partial charge in [0.25, 0.3) is 0 Å². The van der Waals surface area contributed by atoms with E-state index in [0.717, 1.165) is 25.7 Å². The Bertz CT molecular complexity index is 805. The van der Waals surface area contributed by atoms with Gasteiger partial charge in [-0.1, -0.05) is 62.4 Å². The van der Waals surface area contributed by atoms with Crippen LogP contribution in [0.15, 0.2) is 54.6 Å². The van der Waals surface area contributed by atoms with Crippen molar-refractivity contribution in [2.45, 2.75) is 70.4 Å². The molecular formula is C25H31FO2. The van der Waals surface area contributed by atoms with Gasteiger partial charge in [0, 0.05) is 12.0 Å². The third-order valence-corrected chi connectivity index (χ3v) is 6.95. The van der Waals surface area contributed by atoms with Crippen molar-refractivity contribution in [2.24, 2.45) is 11.8 Å². The second kappa shape index (κ2) is 7.61. The summed E-state index contributed by atoms with van der Waals surface area (Å²) in [4.78, 5) is 0. The van der Waals surface area contributed by atoms with Crippen molar-refractivity contribution in [3.8, 4) is 0 Å². The van der Waals surface area contributed by atoms with Gasteiger partial charge < -0.3 is 9.47 Å². The van der Waals surface area contributed by atoms with Gasteiger partial charge in [0.2, 0.25) is 0 Å². The second-order valence-electron chi connectivity index (χ2n) is 9.04. The molecule has 2 fully saturated rings. The normalized spacial score (nSPS) is 31.6. The zero-order valence-electron chi connectivity index (χ0n) is 17.2. The monoisotopic (exact) mass is 382 g/mol. The van der Waals surface area contributed by atoms with Crippen molar-refractivity contribution in [1.82, 2.24) is 0 Å². The first kappa shape index (κ1) is 19.6. The standard InChI is InChI=1S/C25H31FO2/c1-18(2)25-16-23(27-17-20-11-7-8-12-22(20)26)24(3,28-25)15-21(25)14-13-19-9-5-4-6-10-19/h4-12,18,21,23H,13-17H2,1-3H3/t21?,23-,24+,25-/m1/s1. The highest BCUT2D eigenvalue weighted by atomic mass is 19.1. The van der Waals surface area contributed by atoms with Crippen LogP contribution in [-0.4, -0.2) is 17.3 Å². The maximum atomic E-state index is 14.0. The number of aryl methyl sites for hydroxylation is 1. The van der Waals surface area contributed by atoms with E-state index in [4.69, 9.17) is 9.47 Å². The molecule has 4 rings (SSSR count). The maximum absolute atomic E-state index is 14.0. The highest BCUT2D eigenvalue weighted by Crippen LogP contribution is 2.59. The Balaban J connectivity index is 1.45. The minimum absolute atomic E-state index is 0.0162. The average Bonchev–Trinajstić information content (AvgIpc) is 3.15. The Kier molecular flexibility index (Phi) is 5.32. The van der Waals surface area contributed by atoms with Gasteiger partial charge in [0.15, 0.2) is 0 Å². The van der Waals surface area contributed by atoms with Crippen molar-refractivity contribution in [3.63, 3.8) is 0 Å². The molecule has 2 aliphatic rings. The minimum atomic E-state index is -0.281. The van der Waals surface area contributed by atoms with E-state index in [2.05, 4.69) is 51.1 Å². The fourth-order valence-electron chi connectivity index (χ4n) is 5.33. The zero-order valence-corrected chi connectivity index (χ0v) is 17.2. The van der Waals surface area contributed by atoms with Gasteiger partial charge in [-0.05, 0) is 49.7 Å². The van der Waals surface area contributed by atoms with Crippen LogP contribution in [0, 0.1) is 17.7 Å². The largest absolute Gasteiger partial charge is 0.370 e. The highest BCUT2D eigenvalue weighted by Gasteiger charge is 2.65. The van der Waals surface area contributed by atoms with Crippen LogP contribution in [0.5, 0.6) is 0 Å². The lowest BCUT2D eigenvalue weighted by Gasteiger charge is -2.39. The van der Waals surface area contributed by atoms with E-state index >= 15 is 0 Å². The van der Waals surface area contributed by atoms with E-state index in [9.17, 15) is 4.39 Å². The topological polar surface area (TPSA) is 18.5 Å². The first-order chi connectivity index (χ1) is 13.4. The van der Waals surface area contributed by atoms with Crippen molar-refractivity contribution in [3.05, 3.63) is 71.5 Å². The average molecular weight is 383 g/mol. The van der Waals surface area contributed by atoms with E-state index in [1.165, 1.54) is 11.6 Å². The molecule has 3 heteroatoms. The predicted molar refractivity (Wildman–Crippen MR) is 110 cm³/mol. The molecular weight excluding hydrogens is 351 g/mol. The molecule has 2 nitrogen and oxygen atoms in total. The molecule has 2 saturated heterocycles. The molecule has 0 spiro atoms. The molecule has 0 aromatic heterocycles. The van der Waals surface area contributed by atoms with Gasteiger partial charge >= 0.3 is 0 Å². The lowest BCUT2D eigenvalue weighted by atomic mass is 9.67. The first-order valence-corrected chi connectivity index (χ1v) is 10.5. The van der Waals surface area contributed by atoms with Gasteiger partial charge in [-0.2, -0.15) is 0 Å². The van der Waals surface area contributed by atoms with Crippen LogP contribution in [0.2, 0.25) is 0 Å². The number of hydrogen-bond donors (Lipinski definition) is 0. The van der Waals surface area contributed by atoms with Crippen molar-refractivity contribution < 1.29 is 13.9 Å². The Morgan fingerprint density at radius 2 is 1.79 bits per heavy atom. The number of fused-ring (bicyclic) bond motifs is 2. The van der Waals surface area contributed by atoms with Crippen molar-refractivity contribution in [1.29, 1.82) is 0 Å². The summed E-state index contributed by atoms with van der Waals surface area (Å²) < 4.78 is 26.9. The Morgan fingerprint density at radius 3 is 2.50 bits per heavy atom. The summed E-state index contributed by atoms with van der Waals surface area (Å²) in [7, 11) is 0. The predicted octanol–water partition coefficient (Wildman–Crippen LogP) is 5.94. The molecule has 2 heterocycles. The van der Waals surface area contributed by atoms with Crippen LogP contribution < -0.4 is 0 Å². The van der Waals surface area contributed by atoms with E-state index in [-0.39, 0.29) is 23.1 Å². The molecule has 2 bridgehead atoms. The van der Waals surface area contributed by atoms with Gasteiger partial charge in [0.05, 0.1) is 23.9 Å². The first-order valence-electron chi connectivity index (χ1n) is 10.5. The summed E-state index contributed by atoms with van der Waals surface area (Å²) in [6, 6.07) is 17.6. The number of hydrogen-bond acceptors (Lipinski definition) is 2. The summed E-state index contributed by atoms with van der Waals surface area (Å²) in [6.07, 6.45) is 4.15. The molecule has 0 radical (unpaired) electrons. The van der Waals surface area contributed by atoms with Gasteiger partial charge in [-0.3, -0.25) is 0 Å². The molecule has 4 atom stereocenters. The minimum Gasteiger partial charge on any atom is -0.370 e. The fourth-order valence-corrected chi connectivity index (χ4v) is 5.33. The molecule has 1 unspecified atom stereocenters. The van der Waals surface area contributed by atoms with Crippen LogP contribution in [0.4, 0.5) is 4.39 Å². The number of ether oxygens (including phenoxy) is 2. The van der Waals surface area contributed by atoms with E-state index in [1.54, 1.807) is 12.1 Å². The zero-order chi connectivity index (χ0) is 19.8. The summed E-state index contributed by atoms with van der Waals surface area (Å²) in [5.74, 6) is 0.763. The molecule has 28 heavy (non-hydrogen) atoms. The van der Waals surface area contributed by atoms with Crippen LogP contribution >= 0.6 is 0 Å². The SMILES string of the molecule is CC(C)[C@]12C[C@@H](OCc3ccccc3F)[C@](C)(CC1CCc1ccccc1)O2. The lowest BCUT2D eigenvalue weighted by Crippen LogP contribution is -2.44. The summed E-state index contributed by atoms with van der Waals surface area (Å²) in [5, 5.41) is 0. The van der Waals surface area contributed by atoms with E-state index < -0.39 is 0 Å². The number of rotatable bonds is 7. The van der Waals surface area contributed by atoms with Crippen LogP contribution in [-0.2, 0) is 22.5 Å². The summed E-state index contributed by atoms with van der Waals surface area (Å²) in [6.45, 7) is 7.02. The van der Waals surface area contributed by atoms with Crippen LogP contribution in [0.25, 0.3) is 0 Å². The summed E-state index contributed by atoms with van der Waals surface area (Å²) in [5.41, 5.74) is 1.59. The summed E-state index contributed by atoms with van der Waals surface area (Å²) >= 11 is 0. The van der Waals surface area contributed by atoms with Crippen molar-refractivity contribution >= 4 is 0 Å². The molecule has 2 aromatic rings. The quantitative estimate of drug-likeness (QED) is 0.590. The van der Waals surface area contributed by atoms with Crippen LogP contribution in [0.3, 0.4) is 0 Å². The lowest BCUT2D eigenvalue weighted by molar-refractivity contribution is -0.100. The molecule has 150 valence electrons. The van der Waals surface area contributed by atoms with Gasteiger partial charge in [-0.25, -0.2) is 4.39 Å².